The highest BCUT2D eigenvalue weighted by Gasteiger charge is 2.33. The normalized spacial score (nSPS) is 16.6. The van der Waals surface area contributed by atoms with Crippen LogP contribution >= 0.6 is 11.3 Å². The number of fused-ring (bicyclic) bond motifs is 1. The average Bonchev–Trinajstić information content (AvgIpc) is 3.28. The SMILES string of the molecule is CCC[C@H](O)CN(CCCOC)CC(=O)N1CCc2sccc2[C@H]1COc1ccc(C)cc1. The predicted octanol–water partition coefficient (Wildman–Crippen LogP) is 4.06. The number of hydrogen-bond donors (Lipinski definition) is 1. The van der Waals surface area contributed by atoms with Gasteiger partial charge >= 0.3 is 0 Å². The second-order valence-electron chi connectivity index (χ2n) is 8.80. The molecule has 1 N–H and O–H groups in total. The number of amides is 1. The van der Waals surface area contributed by atoms with Gasteiger partial charge in [-0.15, -0.1) is 11.3 Å². The van der Waals surface area contributed by atoms with Crippen molar-refractivity contribution >= 4 is 17.2 Å². The summed E-state index contributed by atoms with van der Waals surface area (Å²) in [6, 6.07) is 10.1. The first kappa shape index (κ1) is 25.7. The van der Waals surface area contributed by atoms with Crippen molar-refractivity contribution in [1.29, 1.82) is 0 Å². The fraction of sp³-hybridized carbons (Fsp3) is 0.577. The Morgan fingerprint density at radius 3 is 2.82 bits per heavy atom. The number of methoxy groups -OCH3 is 1. The third kappa shape index (κ3) is 7.54. The van der Waals surface area contributed by atoms with E-state index in [2.05, 4.69) is 30.2 Å². The highest BCUT2D eigenvalue weighted by atomic mass is 32.1. The first-order chi connectivity index (χ1) is 16.0. The number of benzene rings is 1. The lowest BCUT2D eigenvalue weighted by atomic mass is 10.0. The van der Waals surface area contributed by atoms with Crippen LogP contribution < -0.4 is 4.74 Å². The molecule has 0 spiro atoms. The Labute approximate surface area is 202 Å². The second-order valence-corrected chi connectivity index (χ2v) is 9.80. The smallest absolute Gasteiger partial charge is 0.237 e. The number of nitrogens with zero attached hydrogens (tertiary/aromatic N) is 2. The van der Waals surface area contributed by atoms with Crippen molar-refractivity contribution in [2.24, 2.45) is 0 Å². The van der Waals surface area contributed by atoms with E-state index in [-0.39, 0.29) is 11.9 Å². The van der Waals surface area contributed by atoms with Gasteiger partial charge in [0.05, 0.1) is 18.7 Å². The van der Waals surface area contributed by atoms with Crippen LogP contribution in [-0.2, 0) is 16.0 Å². The van der Waals surface area contributed by atoms with Gasteiger partial charge in [-0.3, -0.25) is 9.69 Å². The molecular weight excluding hydrogens is 436 g/mol. The van der Waals surface area contributed by atoms with E-state index in [9.17, 15) is 9.90 Å². The van der Waals surface area contributed by atoms with Gasteiger partial charge in [0.25, 0.3) is 0 Å². The molecule has 0 saturated heterocycles. The van der Waals surface area contributed by atoms with Gasteiger partial charge in [0.2, 0.25) is 5.91 Å². The first-order valence-corrected chi connectivity index (χ1v) is 12.8. The minimum Gasteiger partial charge on any atom is -0.491 e. The minimum atomic E-state index is -0.421. The van der Waals surface area contributed by atoms with Crippen molar-refractivity contribution in [3.63, 3.8) is 0 Å². The van der Waals surface area contributed by atoms with Gasteiger partial charge in [-0.25, -0.2) is 0 Å². The number of ether oxygens (including phenoxy) is 2. The molecule has 1 aliphatic heterocycles. The van der Waals surface area contributed by atoms with Crippen LogP contribution in [0.1, 0.15) is 48.2 Å². The molecule has 2 atom stereocenters. The molecular formula is C26H38N2O4S. The molecule has 0 unspecified atom stereocenters. The standard InChI is InChI=1S/C26H38N2O4S/c1-4-6-21(29)17-27(13-5-15-31-3)18-26(30)28-14-11-25-23(12-16-33-25)24(28)19-32-22-9-7-20(2)8-10-22/h7-10,12,16,21,24,29H,4-6,11,13-15,17-19H2,1-3H3/t21-,24+/m0/s1. The number of hydrogen-bond acceptors (Lipinski definition) is 6. The van der Waals surface area contributed by atoms with Crippen LogP contribution in [0.5, 0.6) is 5.75 Å². The molecule has 1 aliphatic rings. The van der Waals surface area contributed by atoms with Gasteiger partial charge in [-0.2, -0.15) is 0 Å². The van der Waals surface area contributed by atoms with Crippen LogP contribution in [0, 0.1) is 6.92 Å². The van der Waals surface area contributed by atoms with Crippen molar-refractivity contribution in [2.75, 3.05) is 46.5 Å². The number of aryl methyl sites for hydroxylation is 1. The summed E-state index contributed by atoms with van der Waals surface area (Å²) in [5.41, 5.74) is 2.39. The maximum absolute atomic E-state index is 13.5. The number of carbonyl (C=O) groups excluding carboxylic acids is 1. The van der Waals surface area contributed by atoms with Gasteiger partial charge < -0.3 is 19.5 Å². The number of aliphatic hydroxyl groups is 1. The Hall–Kier alpha value is -1.93. The molecule has 0 radical (unpaired) electrons. The van der Waals surface area contributed by atoms with E-state index in [1.54, 1.807) is 18.4 Å². The molecule has 0 saturated carbocycles. The summed E-state index contributed by atoms with van der Waals surface area (Å²) in [4.78, 5) is 18.9. The monoisotopic (exact) mass is 474 g/mol. The van der Waals surface area contributed by atoms with Crippen molar-refractivity contribution < 1.29 is 19.4 Å². The molecule has 2 heterocycles. The lowest BCUT2D eigenvalue weighted by Gasteiger charge is -2.37. The van der Waals surface area contributed by atoms with Crippen LogP contribution in [0.2, 0.25) is 0 Å². The van der Waals surface area contributed by atoms with E-state index in [1.165, 1.54) is 16.0 Å². The predicted molar refractivity (Wildman–Crippen MR) is 133 cm³/mol. The molecule has 3 rings (SSSR count). The van der Waals surface area contributed by atoms with E-state index in [0.29, 0.717) is 32.8 Å². The summed E-state index contributed by atoms with van der Waals surface area (Å²) in [7, 11) is 1.69. The number of carbonyl (C=O) groups is 1. The zero-order valence-corrected chi connectivity index (χ0v) is 21.0. The third-order valence-corrected chi connectivity index (χ3v) is 7.11. The topological polar surface area (TPSA) is 62.2 Å². The lowest BCUT2D eigenvalue weighted by Crippen LogP contribution is -2.48. The zero-order valence-electron chi connectivity index (χ0n) is 20.2. The lowest BCUT2D eigenvalue weighted by molar-refractivity contribution is -0.136. The fourth-order valence-electron chi connectivity index (χ4n) is 4.36. The molecule has 7 heteroatoms. The maximum atomic E-state index is 13.5. The van der Waals surface area contributed by atoms with Crippen LogP contribution in [0.15, 0.2) is 35.7 Å². The van der Waals surface area contributed by atoms with Crippen molar-refractivity contribution in [1.82, 2.24) is 9.80 Å². The molecule has 0 bridgehead atoms. The average molecular weight is 475 g/mol. The van der Waals surface area contributed by atoms with Gasteiger partial charge in [0.1, 0.15) is 12.4 Å². The zero-order chi connectivity index (χ0) is 23.6. The van der Waals surface area contributed by atoms with E-state index in [4.69, 9.17) is 9.47 Å². The van der Waals surface area contributed by atoms with E-state index in [0.717, 1.165) is 38.0 Å². The quantitative estimate of drug-likeness (QED) is 0.444. The molecule has 0 aliphatic carbocycles. The molecule has 2 aromatic rings. The number of thiophene rings is 1. The van der Waals surface area contributed by atoms with E-state index >= 15 is 0 Å². The third-order valence-electron chi connectivity index (χ3n) is 6.12. The second kappa shape index (κ2) is 13.1. The van der Waals surface area contributed by atoms with Gasteiger partial charge in [0, 0.05) is 38.2 Å². The van der Waals surface area contributed by atoms with Crippen molar-refractivity contribution in [2.45, 2.75) is 51.7 Å². The molecule has 6 nitrogen and oxygen atoms in total. The Balaban J connectivity index is 1.69. The molecule has 1 amide bonds. The Morgan fingerprint density at radius 2 is 2.09 bits per heavy atom. The summed E-state index contributed by atoms with van der Waals surface area (Å²) in [6.45, 7) is 7.41. The first-order valence-electron chi connectivity index (χ1n) is 12.0. The minimum absolute atomic E-state index is 0.0884. The maximum Gasteiger partial charge on any atom is 0.237 e. The van der Waals surface area contributed by atoms with Crippen LogP contribution in [-0.4, -0.2) is 73.4 Å². The van der Waals surface area contributed by atoms with E-state index < -0.39 is 6.10 Å². The highest BCUT2D eigenvalue weighted by Crippen LogP contribution is 2.34. The van der Waals surface area contributed by atoms with E-state index in [1.807, 2.05) is 29.2 Å². The Kier molecular flexibility index (Phi) is 10.2. The van der Waals surface area contributed by atoms with Crippen molar-refractivity contribution in [3.8, 4) is 5.75 Å². The molecule has 182 valence electrons. The number of aliphatic hydroxyl groups excluding tert-OH is 1. The van der Waals surface area contributed by atoms with Gasteiger partial charge in [-0.05, 0) is 55.3 Å². The highest BCUT2D eigenvalue weighted by molar-refractivity contribution is 7.10. The Bertz CT molecular complexity index is 854. The Morgan fingerprint density at radius 1 is 1.30 bits per heavy atom. The van der Waals surface area contributed by atoms with Gasteiger partial charge in [-0.1, -0.05) is 31.0 Å². The molecule has 33 heavy (non-hydrogen) atoms. The summed E-state index contributed by atoms with van der Waals surface area (Å²) in [5, 5.41) is 12.5. The summed E-state index contributed by atoms with van der Waals surface area (Å²) in [6.07, 6.45) is 2.95. The summed E-state index contributed by atoms with van der Waals surface area (Å²) >= 11 is 1.76. The molecule has 1 aromatic carbocycles. The molecule has 1 aromatic heterocycles. The van der Waals surface area contributed by atoms with Crippen LogP contribution in [0.3, 0.4) is 0 Å². The summed E-state index contributed by atoms with van der Waals surface area (Å²) < 4.78 is 11.3. The molecule has 0 fully saturated rings. The number of rotatable bonds is 13. The van der Waals surface area contributed by atoms with Crippen molar-refractivity contribution in [3.05, 3.63) is 51.7 Å². The van der Waals surface area contributed by atoms with Gasteiger partial charge in [0.15, 0.2) is 0 Å². The van der Waals surface area contributed by atoms with Crippen LogP contribution in [0.25, 0.3) is 0 Å². The fourth-order valence-corrected chi connectivity index (χ4v) is 5.28. The van der Waals surface area contributed by atoms with Crippen LogP contribution in [0.4, 0.5) is 0 Å². The largest absolute Gasteiger partial charge is 0.491 e. The summed E-state index contributed by atoms with van der Waals surface area (Å²) in [5.74, 6) is 0.907.